The minimum Gasteiger partial charge on any atom is -0.352 e. The summed E-state index contributed by atoms with van der Waals surface area (Å²) in [7, 11) is 0. The molecule has 1 aromatic heterocycles. The Labute approximate surface area is 98.3 Å². The van der Waals surface area contributed by atoms with Crippen molar-refractivity contribution in [2.45, 2.75) is 13.1 Å². The standard InChI is InChI=1S/C10H17BrN4/c11-10-8(5-9(6-12)14-10)7-15-3-1-13-2-4-15/h5,13-14H,1-4,6-7,12H2. The summed E-state index contributed by atoms with van der Waals surface area (Å²) in [6.45, 7) is 5.99. The van der Waals surface area contributed by atoms with Gasteiger partial charge in [-0.15, -0.1) is 0 Å². The van der Waals surface area contributed by atoms with Gasteiger partial charge in [-0.3, -0.25) is 4.90 Å². The van der Waals surface area contributed by atoms with Gasteiger partial charge in [-0.25, -0.2) is 0 Å². The van der Waals surface area contributed by atoms with Crippen LogP contribution in [0.15, 0.2) is 10.7 Å². The Hall–Kier alpha value is -0.360. The van der Waals surface area contributed by atoms with Gasteiger partial charge in [0.25, 0.3) is 0 Å². The van der Waals surface area contributed by atoms with Crippen molar-refractivity contribution in [2.75, 3.05) is 26.2 Å². The lowest BCUT2D eigenvalue weighted by molar-refractivity contribution is 0.233. The maximum absolute atomic E-state index is 5.59. The maximum Gasteiger partial charge on any atom is 0.0868 e. The number of hydrogen-bond donors (Lipinski definition) is 3. The number of nitrogens with two attached hydrogens (primary N) is 1. The highest BCUT2D eigenvalue weighted by Crippen LogP contribution is 2.19. The second kappa shape index (κ2) is 5.12. The molecule has 1 aliphatic rings. The van der Waals surface area contributed by atoms with Crippen LogP contribution in [0.5, 0.6) is 0 Å². The number of aromatic nitrogens is 1. The van der Waals surface area contributed by atoms with E-state index >= 15 is 0 Å². The normalized spacial score (nSPS) is 18.3. The highest BCUT2D eigenvalue weighted by atomic mass is 79.9. The Bertz CT molecular complexity index is 317. The second-order valence-electron chi connectivity index (χ2n) is 3.86. The van der Waals surface area contributed by atoms with Gasteiger partial charge >= 0.3 is 0 Å². The number of nitrogens with zero attached hydrogens (tertiary/aromatic N) is 1. The molecule has 0 saturated carbocycles. The lowest BCUT2D eigenvalue weighted by atomic mass is 10.2. The Morgan fingerprint density at radius 2 is 2.13 bits per heavy atom. The number of H-pyrrole nitrogens is 1. The van der Waals surface area contributed by atoms with E-state index in [4.69, 9.17) is 5.73 Å². The molecule has 1 aliphatic heterocycles. The first-order chi connectivity index (χ1) is 7.29. The highest BCUT2D eigenvalue weighted by Gasteiger charge is 2.12. The van der Waals surface area contributed by atoms with Gasteiger partial charge in [0.15, 0.2) is 0 Å². The van der Waals surface area contributed by atoms with Crippen molar-refractivity contribution < 1.29 is 0 Å². The molecule has 0 amide bonds. The number of rotatable bonds is 3. The fraction of sp³-hybridized carbons (Fsp3) is 0.600. The summed E-state index contributed by atoms with van der Waals surface area (Å²) in [5.74, 6) is 0. The Balaban J connectivity index is 1.99. The van der Waals surface area contributed by atoms with Crippen LogP contribution in [0.25, 0.3) is 0 Å². The predicted octanol–water partition coefficient (Wildman–Crippen LogP) is 0.641. The topological polar surface area (TPSA) is 57.1 Å². The van der Waals surface area contributed by atoms with Crippen LogP contribution in [-0.2, 0) is 13.1 Å². The summed E-state index contributed by atoms with van der Waals surface area (Å²) in [6.07, 6.45) is 0. The van der Waals surface area contributed by atoms with Crippen LogP contribution in [0.2, 0.25) is 0 Å². The average Bonchev–Trinajstić information content (AvgIpc) is 2.61. The number of piperazine rings is 1. The van der Waals surface area contributed by atoms with Crippen molar-refractivity contribution in [2.24, 2.45) is 5.73 Å². The van der Waals surface area contributed by atoms with Crippen LogP contribution in [-0.4, -0.2) is 36.1 Å². The number of halogens is 1. The summed E-state index contributed by atoms with van der Waals surface area (Å²) < 4.78 is 1.07. The first-order valence-electron chi connectivity index (χ1n) is 5.29. The summed E-state index contributed by atoms with van der Waals surface area (Å²) >= 11 is 3.53. The van der Waals surface area contributed by atoms with E-state index in [2.05, 4.69) is 37.2 Å². The lowest BCUT2D eigenvalue weighted by Gasteiger charge is -2.26. The molecular weight excluding hydrogens is 256 g/mol. The van der Waals surface area contributed by atoms with Crippen molar-refractivity contribution in [3.8, 4) is 0 Å². The monoisotopic (exact) mass is 272 g/mol. The molecule has 4 N–H and O–H groups in total. The molecule has 0 radical (unpaired) electrons. The zero-order valence-electron chi connectivity index (χ0n) is 8.72. The summed E-state index contributed by atoms with van der Waals surface area (Å²) in [6, 6.07) is 2.14. The van der Waals surface area contributed by atoms with E-state index in [0.717, 1.165) is 43.0 Å². The smallest absolute Gasteiger partial charge is 0.0868 e. The van der Waals surface area contributed by atoms with Gasteiger partial charge in [-0.2, -0.15) is 0 Å². The number of aromatic amines is 1. The second-order valence-corrected chi connectivity index (χ2v) is 4.66. The molecule has 1 saturated heterocycles. The maximum atomic E-state index is 5.59. The summed E-state index contributed by atoms with van der Waals surface area (Å²) in [5, 5.41) is 3.35. The molecule has 5 heteroatoms. The third kappa shape index (κ3) is 2.81. The molecule has 4 nitrogen and oxygen atoms in total. The van der Waals surface area contributed by atoms with Crippen molar-refractivity contribution in [3.05, 3.63) is 21.9 Å². The Kier molecular flexibility index (Phi) is 3.80. The van der Waals surface area contributed by atoms with E-state index in [1.165, 1.54) is 5.56 Å². The third-order valence-corrected chi connectivity index (χ3v) is 3.43. The van der Waals surface area contributed by atoms with Gasteiger partial charge in [-0.1, -0.05) is 0 Å². The molecule has 2 rings (SSSR count). The van der Waals surface area contributed by atoms with Gasteiger partial charge in [0.05, 0.1) is 4.60 Å². The quantitative estimate of drug-likeness (QED) is 0.757. The molecule has 1 aromatic rings. The molecule has 15 heavy (non-hydrogen) atoms. The molecule has 0 unspecified atom stereocenters. The summed E-state index contributed by atoms with van der Waals surface area (Å²) in [5.41, 5.74) is 7.98. The molecule has 0 bridgehead atoms. The molecule has 0 atom stereocenters. The summed E-state index contributed by atoms with van der Waals surface area (Å²) in [4.78, 5) is 5.68. The molecule has 84 valence electrons. The third-order valence-electron chi connectivity index (χ3n) is 2.72. The fourth-order valence-corrected chi connectivity index (χ4v) is 2.36. The first kappa shape index (κ1) is 11.1. The number of hydrogen-bond acceptors (Lipinski definition) is 3. The highest BCUT2D eigenvalue weighted by molar-refractivity contribution is 9.10. The van der Waals surface area contributed by atoms with Crippen LogP contribution in [0.1, 0.15) is 11.3 Å². The minimum atomic E-state index is 0.570. The van der Waals surface area contributed by atoms with E-state index in [1.54, 1.807) is 0 Å². The van der Waals surface area contributed by atoms with Gasteiger partial charge in [0, 0.05) is 45.0 Å². The van der Waals surface area contributed by atoms with Crippen LogP contribution in [0.4, 0.5) is 0 Å². The zero-order valence-corrected chi connectivity index (χ0v) is 10.3. The van der Waals surface area contributed by atoms with E-state index in [1.807, 2.05) is 0 Å². The van der Waals surface area contributed by atoms with E-state index in [0.29, 0.717) is 6.54 Å². The van der Waals surface area contributed by atoms with Crippen LogP contribution < -0.4 is 11.1 Å². The van der Waals surface area contributed by atoms with Crippen molar-refractivity contribution in [1.29, 1.82) is 0 Å². The Morgan fingerprint density at radius 1 is 1.40 bits per heavy atom. The van der Waals surface area contributed by atoms with Gasteiger partial charge in [-0.05, 0) is 27.6 Å². The predicted molar refractivity (Wildman–Crippen MR) is 64.5 cm³/mol. The fourth-order valence-electron chi connectivity index (χ4n) is 1.87. The number of nitrogens with one attached hydrogen (secondary N) is 2. The van der Waals surface area contributed by atoms with E-state index in [-0.39, 0.29) is 0 Å². The first-order valence-corrected chi connectivity index (χ1v) is 6.08. The van der Waals surface area contributed by atoms with Crippen LogP contribution >= 0.6 is 15.9 Å². The van der Waals surface area contributed by atoms with Crippen molar-refractivity contribution in [3.63, 3.8) is 0 Å². The van der Waals surface area contributed by atoms with Gasteiger partial charge in [0.1, 0.15) is 0 Å². The lowest BCUT2D eigenvalue weighted by Crippen LogP contribution is -2.42. The largest absolute Gasteiger partial charge is 0.352 e. The zero-order chi connectivity index (χ0) is 10.7. The molecule has 0 aliphatic carbocycles. The molecular formula is C10H17BrN4. The van der Waals surface area contributed by atoms with Gasteiger partial charge in [0.2, 0.25) is 0 Å². The van der Waals surface area contributed by atoms with E-state index < -0.39 is 0 Å². The van der Waals surface area contributed by atoms with Crippen molar-refractivity contribution >= 4 is 15.9 Å². The molecule has 0 spiro atoms. The van der Waals surface area contributed by atoms with Crippen molar-refractivity contribution in [1.82, 2.24) is 15.2 Å². The Morgan fingerprint density at radius 3 is 2.73 bits per heavy atom. The average molecular weight is 273 g/mol. The van der Waals surface area contributed by atoms with Crippen LogP contribution in [0, 0.1) is 0 Å². The molecule has 0 aromatic carbocycles. The van der Waals surface area contributed by atoms with E-state index in [9.17, 15) is 0 Å². The van der Waals surface area contributed by atoms with Gasteiger partial charge < -0.3 is 16.0 Å². The molecule has 2 heterocycles. The van der Waals surface area contributed by atoms with Crippen LogP contribution in [0.3, 0.4) is 0 Å². The minimum absolute atomic E-state index is 0.570. The SMILES string of the molecule is NCc1cc(CN2CCNCC2)c(Br)[nH]1. The molecule has 1 fully saturated rings.